The van der Waals surface area contributed by atoms with Gasteiger partial charge < -0.3 is 13.3 Å². The fourth-order valence-corrected chi connectivity index (χ4v) is 6.56. The van der Waals surface area contributed by atoms with Gasteiger partial charge in [-0.3, -0.25) is 0 Å². The Morgan fingerprint density at radius 2 is 0.933 bits per heavy atom. The predicted octanol–water partition coefficient (Wildman–Crippen LogP) is 6.70. The van der Waals surface area contributed by atoms with E-state index in [9.17, 15) is 22.0 Å². The fourth-order valence-electron chi connectivity index (χ4n) is 3.20. The average molecular weight is 457 g/mol. The van der Waals surface area contributed by atoms with E-state index in [1.165, 1.54) is 0 Å². The number of halogens is 5. The lowest BCUT2D eigenvalue weighted by molar-refractivity contribution is 0.00278. The Morgan fingerprint density at radius 3 is 1.33 bits per heavy atom. The van der Waals surface area contributed by atoms with Crippen LogP contribution >= 0.6 is 0 Å². The maximum Gasteiger partial charge on any atom is 0.501 e. The second-order valence-corrected chi connectivity index (χ2v) is 10.7. The molecule has 1 aromatic rings. The summed E-state index contributed by atoms with van der Waals surface area (Å²) in [6.07, 6.45) is 1.84. The molecule has 0 saturated heterocycles. The van der Waals surface area contributed by atoms with E-state index in [0.717, 1.165) is 0 Å². The minimum atomic E-state index is -2.91. The van der Waals surface area contributed by atoms with E-state index in [1.807, 2.05) is 41.5 Å². The van der Waals surface area contributed by atoms with Gasteiger partial charge in [0.25, 0.3) is 0 Å². The van der Waals surface area contributed by atoms with Gasteiger partial charge >= 0.3 is 8.80 Å². The summed E-state index contributed by atoms with van der Waals surface area (Å²) in [4.78, 5) is 0. The molecule has 0 N–H and O–H groups in total. The van der Waals surface area contributed by atoms with Crippen LogP contribution in [0.15, 0.2) is 0 Å². The molecule has 9 heteroatoms. The summed E-state index contributed by atoms with van der Waals surface area (Å²) < 4.78 is 85.4. The Bertz CT molecular complexity index is 628. The first-order valence-electron chi connectivity index (χ1n) is 10.4. The van der Waals surface area contributed by atoms with Gasteiger partial charge in [-0.15, -0.1) is 0 Å². The summed E-state index contributed by atoms with van der Waals surface area (Å²) >= 11 is 0. The lowest BCUT2D eigenvalue weighted by Crippen LogP contribution is -2.50. The van der Waals surface area contributed by atoms with E-state index in [-0.39, 0.29) is 24.7 Å². The van der Waals surface area contributed by atoms with Crippen molar-refractivity contribution in [3.05, 3.63) is 34.6 Å². The first kappa shape index (κ1) is 27.0. The number of benzene rings is 1. The summed E-state index contributed by atoms with van der Waals surface area (Å²) in [5.41, 5.74) is -0.760. The lowest BCUT2D eigenvalue weighted by Gasteiger charge is -2.34. The van der Waals surface area contributed by atoms with Crippen molar-refractivity contribution in [1.29, 1.82) is 0 Å². The molecule has 30 heavy (non-hydrogen) atoms. The van der Waals surface area contributed by atoms with Crippen molar-refractivity contribution in [1.82, 2.24) is 0 Å². The molecule has 0 spiro atoms. The molecule has 0 saturated carbocycles. The van der Waals surface area contributed by atoms with E-state index < -0.39 is 43.5 Å². The summed E-state index contributed by atoms with van der Waals surface area (Å²) in [5.74, 6) is -9.43. The Labute approximate surface area is 177 Å². The third kappa shape index (κ3) is 7.90. The maximum atomic E-state index is 13.7. The third-order valence-corrected chi connectivity index (χ3v) is 7.66. The Balaban J connectivity index is 2.66. The largest absolute Gasteiger partial charge is 0.501 e. The van der Waals surface area contributed by atoms with Gasteiger partial charge in [0.05, 0.1) is 0 Å². The number of rotatable bonds is 13. The molecule has 1 rings (SSSR count). The molecule has 0 heterocycles. The zero-order chi connectivity index (χ0) is 23.1. The van der Waals surface area contributed by atoms with E-state index >= 15 is 0 Å². The van der Waals surface area contributed by atoms with Crippen LogP contribution in [-0.2, 0) is 19.7 Å². The van der Waals surface area contributed by atoms with E-state index in [1.54, 1.807) is 0 Å². The highest BCUT2D eigenvalue weighted by atomic mass is 28.4. The predicted molar refractivity (Wildman–Crippen MR) is 108 cm³/mol. The first-order valence-corrected chi connectivity index (χ1v) is 12.4. The third-order valence-electron chi connectivity index (χ3n) is 4.21. The Kier molecular flexibility index (Phi) is 10.9. The van der Waals surface area contributed by atoms with Crippen molar-refractivity contribution in [3.8, 4) is 0 Å². The van der Waals surface area contributed by atoms with Crippen molar-refractivity contribution >= 4 is 8.80 Å². The Morgan fingerprint density at radius 1 is 0.567 bits per heavy atom. The second-order valence-electron chi connectivity index (χ2n) is 8.15. The standard InChI is InChI=1S/C21H33F5O3Si/c1-13(2)27-30(28-14(3)4,29-15(5)6)12-10-8-7-9-11-16-17(22)19(24)21(26)20(25)18(16)23/h13-15H,7-12H2,1-6H3. The number of hydrogen-bond donors (Lipinski definition) is 0. The van der Waals surface area contributed by atoms with Gasteiger partial charge in [-0.25, -0.2) is 22.0 Å². The molecule has 0 aromatic heterocycles. The fraction of sp³-hybridized carbons (Fsp3) is 0.714. The highest BCUT2D eigenvalue weighted by Gasteiger charge is 2.43. The normalized spacial score (nSPS) is 12.6. The zero-order valence-electron chi connectivity index (χ0n) is 18.6. The van der Waals surface area contributed by atoms with Gasteiger partial charge in [-0.1, -0.05) is 12.8 Å². The van der Waals surface area contributed by atoms with Crippen LogP contribution in [0.1, 0.15) is 72.8 Å². The van der Waals surface area contributed by atoms with Gasteiger partial charge in [-0.2, -0.15) is 0 Å². The number of hydrogen-bond acceptors (Lipinski definition) is 3. The SMILES string of the molecule is CC(C)O[Si](CCCCCCc1c(F)c(F)c(F)c(F)c1F)(OC(C)C)OC(C)C. The van der Waals surface area contributed by atoms with Crippen LogP contribution < -0.4 is 0 Å². The van der Waals surface area contributed by atoms with Crippen molar-refractivity contribution in [2.45, 2.75) is 98.0 Å². The second kappa shape index (κ2) is 12.1. The summed E-state index contributed by atoms with van der Waals surface area (Å²) in [6.45, 7) is 11.5. The molecule has 0 aliphatic carbocycles. The van der Waals surface area contributed by atoms with E-state index in [4.69, 9.17) is 13.3 Å². The number of unbranched alkanes of at least 4 members (excludes halogenated alkanes) is 3. The molecule has 0 amide bonds. The maximum absolute atomic E-state index is 13.7. The quantitative estimate of drug-likeness (QED) is 0.109. The zero-order valence-corrected chi connectivity index (χ0v) is 19.6. The van der Waals surface area contributed by atoms with Gasteiger partial charge in [0, 0.05) is 29.9 Å². The topological polar surface area (TPSA) is 27.7 Å². The smallest absolute Gasteiger partial charge is 0.371 e. The highest BCUT2D eigenvalue weighted by molar-refractivity contribution is 6.60. The molecule has 0 aliphatic heterocycles. The highest BCUT2D eigenvalue weighted by Crippen LogP contribution is 2.27. The molecule has 0 unspecified atom stereocenters. The summed E-state index contributed by atoms with van der Waals surface area (Å²) in [6, 6.07) is 0.587. The molecule has 0 fully saturated rings. The van der Waals surface area contributed by atoms with Gasteiger partial charge in [-0.05, 0) is 60.8 Å². The van der Waals surface area contributed by atoms with Gasteiger partial charge in [0.1, 0.15) is 0 Å². The van der Waals surface area contributed by atoms with Crippen LogP contribution in [0.2, 0.25) is 6.04 Å². The van der Waals surface area contributed by atoms with Crippen molar-refractivity contribution < 1.29 is 35.2 Å². The first-order chi connectivity index (χ1) is 13.9. The molecule has 1 aromatic carbocycles. The molecule has 0 atom stereocenters. The Hall–Kier alpha value is -1.03. The van der Waals surface area contributed by atoms with Crippen molar-refractivity contribution in [3.63, 3.8) is 0 Å². The average Bonchev–Trinajstić information content (AvgIpc) is 2.61. The van der Waals surface area contributed by atoms with Crippen LogP contribution in [0, 0.1) is 29.1 Å². The summed E-state index contributed by atoms with van der Waals surface area (Å²) in [5, 5.41) is 0. The minimum Gasteiger partial charge on any atom is -0.371 e. The monoisotopic (exact) mass is 456 g/mol. The van der Waals surface area contributed by atoms with Crippen molar-refractivity contribution in [2.24, 2.45) is 0 Å². The van der Waals surface area contributed by atoms with Gasteiger partial charge in [0.15, 0.2) is 23.3 Å². The van der Waals surface area contributed by atoms with Crippen LogP contribution in [-0.4, -0.2) is 27.1 Å². The molecule has 0 bridgehead atoms. The molecule has 174 valence electrons. The van der Waals surface area contributed by atoms with Crippen LogP contribution in [0.4, 0.5) is 22.0 Å². The molecule has 0 radical (unpaired) electrons. The van der Waals surface area contributed by atoms with Gasteiger partial charge in [0.2, 0.25) is 5.82 Å². The van der Waals surface area contributed by atoms with E-state index in [2.05, 4.69) is 0 Å². The molecule has 0 aliphatic rings. The van der Waals surface area contributed by atoms with Crippen LogP contribution in [0.25, 0.3) is 0 Å². The van der Waals surface area contributed by atoms with Crippen molar-refractivity contribution in [2.75, 3.05) is 0 Å². The van der Waals surface area contributed by atoms with Crippen LogP contribution in [0.3, 0.4) is 0 Å². The lowest BCUT2D eigenvalue weighted by atomic mass is 10.0. The molecular weight excluding hydrogens is 423 g/mol. The van der Waals surface area contributed by atoms with E-state index in [0.29, 0.717) is 31.7 Å². The summed E-state index contributed by atoms with van der Waals surface area (Å²) in [7, 11) is -2.91. The molecular formula is C21H33F5O3Si. The van der Waals surface area contributed by atoms with Crippen LogP contribution in [0.5, 0.6) is 0 Å². The minimum absolute atomic E-state index is 0.0663. The molecule has 3 nitrogen and oxygen atoms in total.